The van der Waals surface area contributed by atoms with Crippen molar-refractivity contribution in [2.75, 3.05) is 0 Å². The lowest BCUT2D eigenvalue weighted by atomic mass is 9.98. The number of rotatable bonds is 17. The predicted octanol–water partition coefficient (Wildman–Crippen LogP) is 6.91. The lowest BCUT2D eigenvalue weighted by Gasteiger charge is -2.19. The van der Waals surface area contributed by atoms with Crippen LogP contribution in [0.1, 0.15) is 102 Å². The average molecular weight is 457 g/mol. The normalized spacial score (nSPS) is 13.2. The highest BCUT2D eigenvalue weighted by molar-refractivity contribution is 5.67. The fourth-order valence-electron chi connectivity index (χ4n) is 3.70. The molecule has 0 aliphatic rings. The summed E-state index contributed by atoms with van der Waals surface area (Å²) in [5.41, 5.74) is 1.85. The Kier molecular flexibility index (Phi) is 15.3. The second kappa shape index (κ2) is 17.8. The van der Waals surface area contributed by atoms with Crippen molar-refractivity contribution in [1.82, 2.24) is 0 Å². The third-order valence-corrected chi connectivity index (χ3v) is 5.31. The summed E-state index contributed by atoms with van der Waals surface area (Å²) in [6, 6.07) is 7.76. The first kappa shape index (κ1) is 28.3. The Morgan fingerprint density at radius 1 is 0.879 bits per heavy atom. The van der Waals surface area contributed by atoms with Crippen LogP contribution in [0.4, 0.5) is 0 Å². The van der Waals surface area contributed by atoms with E-state index in [2.05, 4.69) is 6.92 Å². The summed E-state index contributed by atoms with van der Waals surface area (Å²) < 4.78 is 11.0. The van der Waals surface area contributed by atoms with Crippen molar-refractivity contribution in [3.05, 3.63) is 53.6 Å². The van der Waals surface area contributed by atoms with E-state index in [-0.39, 0.29) is 18.0 Å². The summed E-state index contributed by atoms with van der Waals surface area (Å²) in [6.07, 6.45) is 17.6. The summed E-state index contributed by atoms with van der Waals surface area (Å²) in [7, 11) is 0. The molecule has 2 unspecified atom stereocenters. The summed E-state index contributed by atoms with van der Waals surface area (Å²) in [4.78, 5) is 33.7. The van der Waals surface area contributed by atoms with Crippen LogP contribution in [0.25, 0.3) is 6.08 Å². The van der Waals surface area contributed by atoms with Crippen LogP contribution in [0, 0.1) is 0 Å². The summed E-state index contributed by atoms with van der Waals surface area (Å²) in [5.74, 6) is -0.617. The van der Waals surface area contributed by atoms with Crippen LogP contribution in [-0.4, -0.2) is 24.3 Å². The van der Waals surface area contributed by atoms with Crippen LogP contribution >= 0.6 is 0 Å². The number of allylic oxidation sites excluding steroid dienone is 2. The molecular weight excluding hydrogens is 416 g/mol. The Balaban J connectivity index is 2.80. The zero-order chi connectivity index (χ0) is 24.3. The van der Waals surface area contributed by atoms with E-state index in [1.54, 1.807) is 0 Å². The fourth-order valence-corrected chi connectivity index (χ4v) is 3.70. The molecule has 5 heteroatoms. The highest BCUT2D eigenvalue weighted by Crippen LogP contribution is 2.27. The Bertz CT molecular complexity index is 765. The maximum Gasteiger partial charge on any atom is 0.303 e. The molecule has 0 aromatic heterocycles. The van der Waals surface area contributed by atoms with Gasteiger partial charge in [-0.1, -0.05) is 81.5 Å². The van der Waals surface area contributed by atoms with Crippen molar-refractivity contribution in [3.8, 4) is 0 Å². The molecule has 0 bridgehead atoms. The van der Waals surface area contributed by atoms with Gasteiger partial charge in [0, 0.05) is 20.3 Å². The van der Waals surface area contributed by atoms with Crippen molar-refractivity contribution in [2.45, 2.75) is 97.2 Å². The maximum atomic E-state index is 11.6. The number of unbranched alkanes of at least 4 members (excludes halogenated alkanes) is 6. The average Bonchev–Trinajstić information content (AvgIpc) is 2.78. The molecule has 0 aliphatic heterocycles. The molecule has 0 radical (unpaired) electrons. The molecule has 33 heavy (non-hydrogen) atoms. The first-order chi connectivity index (χ1) is 16.0. The first-order valence-electron chi connectivity index (χ1n) is 12.2. The highest BCUT2D eigenvalue weighted by Gasteiger charge is 2.17. The van der Waals surface area contributed by atoms with E-state index in [4.69, 9.17) is 9.47 Å². The van der Waals surface area contributed by atoms with Crippen LogP contribution in [0.3, 0.4) is 0 Å². The minimum Gasteiger partial charge on any atom is -0.458 e. The number of esters is 2. The van der Waals surface area contributed by atoms with Gasteiger partial charge in [0.15, 0.2) is 0 Å². The number of hydrogen-bond acceptors (Lipinski definition) is 5. The molecule has 0 amide bonds. The first-order valence-corrected chi connectivity index (χ1v) is 12.2. The minimum atomic E-state index is -0.395. The molecule has 0 spiro atoms. The molecule has 0 saturated heterocycles. The Morgan fingerprint density at radius 3 is 2.27 bits per heavy atom. The zero-order valence-electron chi connectivity index (χ0n) is 20.5. The van der Waals surface area contributed by atoms with Gasteiger partial charge < -0.3 is 14.3 Å². The van der Waals surface area contributed by atoms with Gasteiger partial charge >= 0.3 is 11.9 Å². The molecule has 1 rings (SSSR count). The highest BCUT2D eigenvalue weighted by atomic mass is 16.5. The van der Waals surface area contributed by atoms with Crippen LogP contribution in [0.15, 0.2) is 42.5 Å². The maximum absolute atomic E-state index is 11.6. The lowest BCUT2D eigenvalue weighted by Crippen LogP contribution is -2.13. The predicted molar refractivity (Wildman–Crippen MR) is 133 cm³/mol. The molecule has 0 heterocycles. The fraction of sp³-hybridized carbons (Fsp3) is 0.536. The van der Waals surface area contributed by atoms with Crippen molar-refractivity contribution in [3.63, 3.8) is 0 Å². The molecule has 0 fully saturated rings. The van der Waals surface area contributed by atoms with Crippen molar-refractivity contribution in [2.24, 2.45) is 0 Å². The van der Waals surface area contributed by atoms with Gasteiger partial charge in [0.2, 0.25) is 0 Å². The standard InChI is InChI=1S/C28H40O5/c1-4-5-6-7-8-9-18-26(32-23(2)30)19-12-10-16-25-17-11-13-20-27(25)28(33-24(3)31)21-14-15-22-29/h10-13,16-17,19-20,22,26,28H,4-9,14-15,18,21H2,1-3H3. The van der Waals surface area contributed by atoms with Crippen molar-refractivity contribution in [1.29, 1.82) is 0 Å². The van der Waals surface area contributed by atoms with Gasteiger partial charge in [0.25, 0.3) is 0 Å². The number of aldehydes is 1. The SMILES string of the molecule is CCCCCCCCC(C=CC=Cc1ccccc1C(CCCC=O)OC(C)=O)OC(C)=O. The second-order valence-corrected chi connectivity index (χ2v) is 8.27. The Morgan fingerprint density at radius 2 is 1.58 bits per heavy atom. The Labute approximate surface area is 199 Å². The van der Waals surface area contributed by atoms with Gasteiger partial charge in [-0.05, 0) is 42.9 Å². The molecule has 5 nitrogen and oxygen atoms in total. The van der Waals surface area contributed by atoms with Crippen LogP contribution in [-0.2, 0) is 23.9 Å². The van der Waals surface area contributed by atoms with E-state index in [9.17, 15) is 14.4 Å². The van der Waals surface area contributed by atoms with Gasteiger partial charge in [-0.25, -0.2) is 0 Å². The van der Waals surface area contributed by atoms with Gasteiger partial charge in [-0.3, -0.25) is 9.59 Å². The van der Waals surface area contributed by atoms with E-state index >= 15 is 0 Å². The van der Waals surface area contributed by atoms with Crippen molar-refractivity contribution < 1.29 is 23.9 Å². The summed E-state index contributed by atoms with van der Waals surface area (Å²) >= 11 is 0. The smallest absolute Gasteiger partial charge is 0.303 e. The van der Waals surface area contributed by atoms with Gasteiger partial charge in [0.1, 0.15) is 18.5 Å². The number of carbonyl (C=O) groups is 3. The minimum absolute atomic E-state index is 0.231. The number of carbonyl (C=O) groups excluding carboxylic acids is 3. The number of hydrogen-bond donors (Lipinski definition) is 0. The van der Waals surface area contributed by atoms with Gasteiger partial charge in [-0.2, -0.15) is 0 Å². The third-order valence-electron chi connectivity index (χ3n) is 5.31. The molecule has 182 valence electrons. The summed E-state index contributed by atoms with van der Waals surface area (Å²) in [5, 5.41) is 0. The topological polar surface area (TPSA) is 69.7 Å². The largest absolute Gasteiger partial charge is 0.458 e. The Hall–Kier alpha value is -2.69. The molecular formula is C28H40O5. The van der Waals surface area contributed by atoms with E-state index < -0.39 is 6.10 Å². The second-order valence-electron chi connectivity index (χ2n) is 8.27. The molecule has 1 aromatic carbocycles. The van der Waals surface area contributed by atoms with E-state index in [1.807, 2.05) is 48.6 Å². The van der Waals surface area contributed by atoms with Gasteiger partial charge in [0.05, 0.1) is 0 Å². The van der Waals surface area contributed by atoms with E-state index in [0.717, 1.165) is 36.7 Å². The number of ether oxygens (including phenoxy) is 2. The van der Waals surface area contributed by atoms with Crippen LogP contribution in [0.5, 0.6) is 0 Å². The van der Waals surface area contributed by atoms with E-state index in [1.165, 1.54) is 39.5 Å². The molecule has 1 aromatic rings. The van der Waals surface area contributed by atoms with Gasteiger partial charge in [-0.15, -0.1) is 0 Å². The molecule has 0 saturated carbocycles. The zero-order valence-corrected chi connectivity index (χ0v) is 20.5. The van der Waals surface area contributed by atoms with Crippen LogP contribution < -0.4 is 0 Å². The molecule has 2 atom stereocenters. The third kappa shape index (κ3) is 13.5. The van der Waals surface area contributed by atoms with Crippen molar-refractivity contribution >= 4 is 24.3 Å². The summed E-state index contributed by atoms with van der Waals surface area (Å²) in [6.45, 7) is 5.04. The molecule has 0 N–H and O–H groups in total. The van der Waals surface area contributed by atoms with E-state index in [0.29, 0.717) is 19.3 Å². The quantitative estimate of drug-likeness (QED) is 0.110. The lowest BCUT2D eigenvalue weighted by molar-refractivity contribution is -0.147. The van der Waals surface area contributed by atoms with Crippen LogP contribution in [0.2, 0.25) is 0 Å². The number of benzene rings is 1. The molecule has 0 aliphatic carbocycles. The monoisotopic (exact) mass is 456 g/mol.